The van der Waals surface area contributed by atoms with Gasteiger partial charge in [-0.2, -0.15) is 0 Å². The Bertz CT molecular complexity index is 685. The van der Waals surface area contributed by atoms with Crippen molar-refractivity contribution < 1.29 is 14.0 Å². The van der Waals surface area contributed by atoms with Crippen LogP contribution in [0.15, 0.2) is 22.8 Å². The van der Waals surface area contributed by atoms with E-state index in [1.54, 1.807) is 17.0 Å². The van der Waals surface area contributed by atoms with Crippen molar-refractivity contribution in [2.45, 2.75) is 26.7 Å². The minimum atomic E-state index is -0.247. The zero-order chi connectivity index (χ0) is 16.4. The van der Waals surface area contributed by atoms with Gasteiger partial charge in [0.05, 0.1) is 12.0 Å². The van der Waals surface area contributed by atoms with E-state index in [2.05, 4.69) is 10.3 Å². The first kappa shape index (κ1) is 15.7. The number of hydrogen-bond acceptors (Lipinski definition) is 5. The summed E-state index contributed by atoms with van der Waals surface area (Å²) < 4.78 is 5.16. The molecule has 122 valence electrons. The normalized spacial score (nSPS) is 13.8. The predicted octanol–water partition coefficient (Wildman–Crippen LogP) is 2.84. The van der Waals surface area contributed by atoms with Gasteiger partial charge in [0, 0.05) is 11.4 Å². The number of anilines is 1. The van der Waals surface area contributed by atoms with Crippen LogP contribution < -0.4 is 5.32 Å². The number of furan rings is 1. The van der Waals surface area contributed by atoms with Crippen LogP contribution in [0, 0.1) is 19.8 Å². The van der Waals surface area contributed by atoms with Crippen LogP contribution in [0.4, 0.5) is 5.13 Å². The number of aromatic nitrogens is 1. The molecule has 3 rings (SSSR count). The Morgan fingerprint density at radius 1 is 1.43 bits per heavy atom. The summed E-state index contributed by atoms with van der Waals surface area (Å²) in [7, 11) is 0. The van der Waals surface area contributed by atoms with Crippen LogP contribution in [-0.2, 0) is 4.79 Å². The molecule has 0 aromatic carbocycles. The molecule has 23 heavy (non-hydrogen) atoms. The molecule has 0 radical (unpaired) electrons. The number of carbonyl (C=O) groups is 2. The van der Waals surface area contributed by atoms with Crippen LogP contribution in [0.1, 0.15) is 34.0 Å². The molecule has 1 aliphatic carbocycles. The quantitative estimate of drug-likeness (QED) is 0.882. The fraction of sp³-hybridized carbons (Fsp3) is 0.438. The summed E-state index contributed by atoms with van der Waals surface area (Å²) in [6, 6.07) is 3.29. The van der Waals surface area contributed by atoms with Gasteiger partial charge in [-0.05, 0) is 44.7 Å². The van der Waals surface area contributed by atoms with Gasteiger partial charge in [-0.15, -0.1) is 11.3 Å². The third-order valence-corrected chi connectivity index (χ3v) is 4.79. The molecule has 2 amide bonds. The van der Waals surface area contributed by atoms with Gasteiger partial charge in [-0.25, -0.2) is 4.98 Å². The molecule has 2 aromatic heterocycles. The van der Waals surface area contributed by atoms with E-state index in [1.807, 2.05) is 13.8 Å². The Kier molecular flexibility index (Phi) is 4.47. The molecule has 0 saturated heterocycles. The van der Waals surface area contributed by atoms with Crippen molar-refractivity contribution >= 4 is 28.3 Å². The summed E-state index contributed by atoms with van der Waals surface area (Å²) >= 11 is 1.44. The lowest BCUT2D eigenvalue weighted by Gasteiger charge is -2.20. The monoisotopic (exact) mass is 333 g/mol. The van der Waals surface area contributed by atoms with Crippen molar-refractivity contribution in [1.29, 1.82) is 0 Å². The van der Waals surface area contributed by atoms with E-state index in [0.717, 1.165) is 23.4 Å². The van der Waals surface area contributed by atoms with Gasteiger partial charge in [0.1, 0.15) is 6.54 Å². The minimum Gasteiger partial charge on any atom is -0.459 e. The van der Waals surface area contributed by atoms with Crippen molar-refractivity contribution in [3.8, 4) is 0 Å². The molecule has 0 atom stereocenters. The number of hydrogen-bond donors (Lipinski definition) is 1. The topological polar surface area (TPSA) is 75.4 Å². The van der Waals surface area contributed by atoms with Crippen molar-refractivity contribution in [1.82, 2.24) is 9.88 Å². The maximum atomic E-state index is 12.5. The van der Waals surface area contributed by atoms with E-state index in [9.17, 15) is 9.59 Å². The van der Waals surface area contributed by atoms with Crippen molar-refractivity contribution in [3.05, 3.63) is 34.7 Å². The molecule has 1 saturated carbocycles. The highest BCUT2D eigenvalue weighted by molar-refractivity contribution is 7.15. The summed E-state index contributed by atoms with van der Waals surface area (Å²) in [5.74, 6) is 0.272. The van der Waals surface area contributed by atoms with Crippen molar-refractivity contribution in [3.63, 3.8) is 0 Å². The Hall–Kier alpha value is -2.15. The first-order valence-electron chi connectivity index (χ1n) is 7.59. The number of thiazole rings is 1. The molecule has 1 N–H and O–H groups in total. The number of aryl methyl sites for hydroxylation is 2. The molecule has 0 spiro atoms. The van der Waals surface area contributed by atoms with Crippen LogP contribution in [0.3, 0.4) is 0 Å². The van der Waals surface area contributed by atoms with Gasteiger partial charge >= 0.3 is 0 Å². The fourth-order valence-electron chi connectivity index (χ4n) is 2.25. The molecular formula is C16H19N3O3S. The van der Waals surface area contributed by atoms with Crippen LogP contribution in [-0.4, -0.2) is 34.8 Å². The summed E-state index contributed by atoms with van der Waals surface area (Å²) in [6.07, 6.45) is 3.67. The van der Waals surface area contributed by atoms with Gasteiger partial charge in [0.15, 0.2) is 10.9 Å². The number of amides is 2. The molecule has 0 bridgehead atoms. The highest BCUT2D eigenvalue weighted by atomic mass is 32.1. The van der Waals surface area contributed by atoms with Crippen LogP contribution >= 0.6 is 11.3 Å². The Labute approximate surface area is 138 Å². The second kappa shape index (κ2) is 6.54. The van der Waals surface area contributed by atoms with Gasteiger partial charge in [0.25, 0.3) is 5.91 Å². The van der Waals surface area contributed by atoms with E-state index in [-0.39, 0.29) is 24.1 Å². The third-order valence-electron chi connectivity index (χ3n) is 3.80. The molecule has 1 aliphatic rings. The Balaban J connectivity index is 1.65. The lowest BCUT2D eigenvalue weighted by atomic mass is 10.3. The summed E-state index contributed by atoms with van der Waals surface area (Å²) in [5.41, 5.74) is 0.909. The van der Waals surface area contributed by atoms with E-state index in [0.29, 0.717) is 17.6 Å². The molecule has 0 unspecified atom stereocenters. The van der Waals surface area contributed by atoms with E-state index >= 15 is 0 Å². The lowest BCUT2D eigenvalue weighted by molar-refractivity contribution is -0.116. The molecule has 6 nitrogen and oxygen atoms in total. The number of rotatable bonds is 6. The third kappa shape index (κ3) is 3.98. The largest absolute Gasteiger partial charge is 0.459 e. The summed E-state index contributed by atoms with van der Waals surface area (Å²) in [6.45, 7) is 4.46. The highest BCUT2D eigenvalue weighted by Crippen LogP contribution is 2.30. The van der Waals surface area contributed by atoms with Crippen LogP contribution in [0.2, 0.25) is 0 Å². The minimum absolute atomic E-state index is 0.00765. The molecule has 2 aromatic rings. The predicted molar refractivity (Wildman–Crippen MR) is 87.6 cm³/mol. The highest BCUT2D eigenvalue weighted by Gasteiger charge is 2.29. The zero-order valence-corrected chi connectivity index (χ0v) is 14.0. The SMILES string of the molecule is Cc1nc(NC(=O)CN(CC2CC2)C(=O)c2ccco2)sc1C. The second-order valence-corrected chi connectivity index (χ2v) is 7.02. The molecular weight excluding hydrogens is 314 g/mol. The van der Waals surface area contributed by atoms with Gasteiger partial charge < -0.3 is 14.6 Å². The summed E-state index contributed by atoms with van der Waals surface area (Å²) in [4.78, 5) is 31.6. The average Bonchev–Trinajstić information content (AvgIpc) is 3.04. The average molecular weight is 333 g/mol. The van der Waals surface area contributed by atoms with Gasteiger partial charge in [-0.3, -0.25) is 9.59 Å². The number of nitrogens with one attached hydrogen (secondary N) is 1. The van der Waals surface area contributed by atoms with E-state index in [4.69, 9.17) is 4.42 Å². The van der Waals surface area contributed by atoms with Crippen LogP contribution in [0.25, 0.3) is 0 Å². The van der Waals surface area contributed by atoms with Gasteiger partial charge in [-0.1, -0.05) is 0 Å². The smallest absolute Gasteiger partial charge is 0.290 e. The standard InChI is InChI=1S/C16H19N3O3S/c1-10-11(2)23-16(17-10)18-14(20)9-19(8-12-5-6-12)15(21)13-4-3-7-22-13/h3-4,7,12H,5-6,8-9H2,1-2H3,(H,17,18,20). The molecule has 0 aliphatic heterocycles. The second-order valence-electron chi connectivity index (χ2n) is 5.82. The Morgan fingerprint density at radius 3 is 2.78 bits per heavy atom. The first-order chi connectivity index (χ1) is 11.0. The zero-order valence-electron chi connectivity index (χ0n) is 13.2. The van der Waals surface area contributed by atoms with Crippen molar-refractivity contribution in [2.75, 3.05) is 18.4 Å². The first-order valence-corrected chi connectivity index (χ1v) is 8.41. The molecule has 7 heteroatoms. The number of carbonyl (C=O) groups excluding carboxylic acids is 2. The lowest BCUT2D eigenvalue weighted by Crippen LogP contribution is -2.39. The Morgan fingerprint density at radius 2 is 2.22 bits per heavy atom. The molecule has 1 fully saturated rings. The van der Waals surface area contributed by atoms with E-state index in [1.165, 1.54) is 17.6 Å². The molecule has 2 heterocycles. The van der Waals surface area contributed by atoms with Crippen LogP contribution in [0.5, 0.6) is 0 Å². The number of nitrogens with zero attached hydrogens (tertiary/aromatic N) is 2. The van der Waals surface area contributed by atoms with Crippen molar-refractivity contribution in [2.24, 2.45) is 5.92 Å². The fourth-order valence-corrected chi connectivity index (χ4v) is 3.08. The maximum absolute atomic E-state index is 12.5. The van der Waals surface area contributed by atoms with E-state index < -0.39 is 0 Å². The summed E-state index contributed by atoms with van der Waals surface area (Å²) in [5, 5.41) is 3.34. The van der Waals surface area contributed by atoms with Gasteiger partial charge in [0.2, 0.25) is 5.91 Å². The maximum Gasteiger partial charge on any atom is 0.290 e.